The van der Waals surface area contributed by atoms with Gasteiger partial charge in [0.05, 0.1) is 12.7 Å². The van der Waals surface area contributed by atoms with Gasteiger partial charge >= 0.3 is 0 Å². The molecule has 0 aromatic carbocycles. The Bertz CT molecular complexity index is 367. The van der Waals surface area contributed by atoms with Crippen LogP contribution in [0.2, 0.25) is 0 Å². The van der Waals surface area contributed by atoms with Gasteiger partial charge in [-0.05, 0) is 38.8 Å². The van der Waals surface area contributed by atoms with E-state index in [0.29, 0.717) is 6.04 Å². The number of nitrogens with zero attached hydrogens (tertiary/aromatic N) is 3. The summed E-state index contributed by atoms with van der Waals surface area (Å²) in [7, 11) is 0. The monoisotopic (exact) mass is 219 g/mol. The lowest BCUT2D eigenvalue weighted by Crippen LogP contribution is -2.34. The third-order valence-corrected chi connectivity index (χ3v) is 3.13. The fourth-order valence-electron chi connectivity index (χ4n) is 2.44. The van der Waals surface area contributed by atoms with Crippen LogP contribution in [-0.4, -0.2) is 33.8 Å². The van der Waals surface area contributed by atoms with Gasteiger partial charge in [0.2, 0.25) is 0 Å². The molecule has 2 heterocycles. The number of rotatable bonds is 4. The van der Waals surface area contributed by atoms with Gasteiger partial charge in [-0.15, -0.1) is 0 Å². The molecule has 0 radical (unpaired) electrons. The summed E-state index contributed by atoms with van der Waals surface area (Å²) in [6.07, 6.45) is 6.64. The number of hydrogen-bond acceptors (Lipinski definition) is 2. The summed E-state index contributed by atoms with van der Waals surface area (Å²) in [6, 6.07) is 0.635. The lowest BCUT2D eigenvalue weighted by atomic mass is 10.2. The maximum Gasteiger partial charge on any atom is 0.0565 e. The van der Waals surface area contributed by atoms with Gasteiger partial charge in [0, 0.05) is 18.8 Å². The molecule has 0 bridgehead atoms. The van der Waals surface area contributed by atoms with Gasteiger partial charge in [-0.1, -0.05) is 12.2 Å². The molecule has 88 valence electrons. The molecule has 1 atom stereocenters. The molecular formula is C13H21N3. The molecule has 1 fully saturated rings. The van der Waals surface area contributed by atoms with Crippen LogP contribution < -0.4 is 0 Å². The van der Waals surface area contributed by atoms with Crippen LogP contribution in [0.3, 0.4) is 0 Å². The first-order valence-corrected chi connectivity index (χ1v) is 6.02. The van der Waals surface area contributed by atoms with E-state index in [2.05, 4.69) is 41.3 Å². The Kier molecular flexibility index (Phi) is 3.44. The van der Waals surface area contributed by atoms with Crippen molar-refractivity contribution in [3.63, 3.8) is 0 Å². The van der Waals surface area contributed by atoms with Crippen LogP contribution in [0.4, 0.5) is 0 Å². The van der Waals surface area contributed by atoms with E-state index in [4.69, 9.17) is 0 Å². The highest BCUT2D eigenvalue weighted by atomic mass is 15.3. The van der Waals surface area contributed by atoms with E-state index in [1.165, 1.54) is 30.5 Å². The summed E-state index contributed by atoms with van der Waals surface area (Å²) in [5.74, 6) is 0. The van der Waals surface area contributed by atoms with Crippen LogP contribution in [0.25, 0.3) is 0 Å². The zero-order chi connectivity index (χ0) is 11.5. The summed E-state index contributed by atoms with van der Waals surface area (Å²) >= 11 is 0. The van der Waals surface area contributed by atoms with Crippen LogP contribution in [0.15, 0.2) is 24.5 Å². The van der Waals surface area contributed by atoms with Crippen LogP contribution in [0.5, 0.6) is 0 Å². The van der Waals surface area contributed by atoms with Gasteiger partial charge in [-0.25, -0.2) is 0 Å². The third-order valence-electron chi connectivity index (χ3n) is 3.13. The minimum absolute atomic E-state index is 0.635. The Morgan fingerprint density at radius 3 is 3.06 bits per heavy atom. The SMILES string of the molecule is C=C(C)CN1CCC[C@H]1Cn1cc(C)cn1. The summed E-state index contributed by atoms with van der Waals surface area (Å²) in [4.78, 5) is 2.53. The second-order valence-corrected chi connectivity index (χ2v) is 4.96. The first-order chi connectivity index (χ1) is 7.65. The summed E-state index contributed by atoms with van der Waals surface area (Å²) in [5.41, 5.74) is 2.49. The topological polar surface area (TPSA) is 21.1 Å². The number of aromatic nitrogens is 2. The molecule has 0 saturated carbocycles. The standard InChI is InChI=1S/C13H21N3/c1-11(2)8-15-6-4-5-13(15)10-16-9-12(3)7-14-16/h7,9,13H,1,4-6,8,10H2,2-3H3/t13-/m0/s1. The van der Waals surface area contributed by atoms with E-state index in [0.717, 1.165) is 13.1 Å². The van der Waals surface area contributed by atoms with Crippen molar-refractivity contribution in [3.8, 4) is 0 Å². The van der Waals surface area contributed by atoms with Gasteiger partial charge < -0.3 is 0 Å². The van der Waals surface area contributed by atoms with Gasteiger partial charge in [0.25, 0.3) is 0 Å². The van der Waals surface area contributed by atoms with Gasteiger partial charge in [0.1, 0.15) is 0 Å². The number of likely N-dealkylation sites (tertiary alicyclic amines) is 1. The molecule has 3 heteroatoms. The summed E-state index contributed by atoms with van der Waals surface area (Å²) < 4.78 is 2.07. The van der Waals surface area contributed by atoms with Gasteiger partial charge in [0.15, 0.2) is 0 Å². The molecule has 1 aromatic rings. The quantitative estimate of drug-likeness (QED) is 0.724. The van der Waals surface area contributed by atoms with Crippen LogP contribution >= 0.6 is 0 Å². The molecule has 2 rings (SSSR count). The molecule has 0 unspecified atom stereocenters. The molecule has 1 aliphatic rings. The van der Waals surface area contributed by atoms with Crippen molar-refractivity contribution >= 4 is 0 Å². The fraction of sp³-hybridized carbons (Fsp3) is 0.615. The Morgan fingerprint density at radius 2 is 2.44 bits per heavy atom. The van der Waals surface area contributed by atoms with E-state index >= 15 is 0 Å². The predicted molar refractivity (Wildman–Crippen MR) is 66.4 cm³/mol. The maximum atomic E-state index is 4.36. The second kappa shape index (κ2) is 4.83. The summed E-state index contributed by atoms with van der Waals surface area (Å²) in [5, 5.41) is 4.36. The van der Waals surface area contributed by atoms with Crippen molar-refractivity contribution in [2.75, 3.05) is 13.1 Å². The summed E-state index contributed by atoms with van der Waals surface area (Å²) in [6.45, 7) is 11.4. The average Bonchev–Trinajstić information content (AvgIpc) is 2.77. The Labute approximate surface area is 97.8 Å². The van der Waals surface area contributed by atoms with Crippen LogP contribution in [0.1, 0.15) is 25.3 Å². The number of hydrogen-bond donors (Lipinski definition) is 0. The van der Waals surface area contributed by atoms with Crippen molar-refractivity contribution in [1.29, 1.82) is 0 Å². The average molecular weight is 219 g/mol. The minimum atomic E-state index is 0.635. The normalized spacial score (nSPS) is 21.5. The lowest BCUT2D eigenvalue weighted by molar-refractivity contribution is 0.245. The third kappa shape index (κ3) is 2.73. The van der Waals surface area contributed by atoms with Crippen molar-refractivity contribution in [1.82, 2.24) is 14.7 Å². The number of aryl methyl sites for hydroxylation is 1. The Hall–Kier alpha value is -1.09. The van der Waals surface area contributed by atoms with Crippen LogP contribution in [0, 0.1) is 6.92 Å². The molecule has 16 heavy (non-hydrogen) atoms. The molecule has 0 N–H and O–H groups in total. The maximum absolute atomic E-state index is 4.36. The fourth-order valence-corrected chi connectivity index (χ4v) is 2.44. The smallest absolute Gasteiger partial charge is 0.0565 e. The predicted octanol–water partition coefficient (Wildman–Crippen LogP) is 2.23. The Morgan fingerprint density at radius 1 is 1.62 bits per heavy atom. The Balaban J connectivity index is 1.95. The molecular weight excluding hydrogens is 198 g/mol. The molecule has 0 spiro atoms. The van der Waals surface area contributed by atoms with Gasteiger partial charge in [-0.2, -0.15) is 5.10 Å². The van der Waals surface area contributed by atoms with E-state index < -0.39 is 0 Å². The first-order valence-electron chi connectivity index (χ1n) is 6.02. The van der Waals surface area contributed by atoms with Crippen molar-refractivity contribution in [3.05, 3.63) is 30.1 Å². The van der Waals surface area contributed by atoms with E-state index in [9.17, 15) is 0 Å². The highest BCUT2D eigenvalue weighted by Crippen LogP contribution is 2.19. The van der Waals surface area contributed by atoms with Crippen molar-refractivity contribution in [2.24, 2.45) is 0 Å². The van der Waals surface area contributed by atoms with E-state index in [1.54, 1.807) is 0 Å². The molecule has 1 aliphatic heterocycles. The van der Waals surface area contributed by atoms with E-state index in [-0.39, 0.29) is 0 Å². The molecule has 3 nitrogen and oxygen atoms in total. The highest BCUT2D eigenvalue weighted by Gasteiger charge is 2.24. The van der Waals surface area contributed by atoms with Crippen molar-refractivity contribution in [2.45, 2.75) is 39.3 Å². The zero-order valence-corrected chi connectivity index (χ0v) is 10.3. The largest absolute Gasteiger partial charge is 0.295 e. The zero-order valence-electron chi connectivity index (χ0n) is 10.3. The molecule has 0 amide bonds. The first kappa shape index (κ1) is 11.4. The molecule has 0 aliphatic carbocycles. The van der Waals surface area contributed by atoms with Crippen molar-refractivity contribution < 1.29 is 0 Å². The lowest BCUT2D eigenvalue weighted by Gasteiger charge is -2.24. The minimum Gasteiger partial charge on any atom is -0.295 e. The molecule has 1 saturated heterocycles. The van der Waals surface area contributed by atoms with Crippen LogP contribution in [-0.2, 0) is 6.54 Å². The highest BCUT2D eigenvalue weighted by molar-refractivity contribution is 5.00. The second-order valence-electron chi connectivity index (χ2n) is 4.96. The molecule has 1 aromatic heterocycles. The van der Waals surface area contributed by atoms with E-state index in [1.807, 2.05) is 6.20 Å². The van der Waals surface area contributed by atoms with Gasteiger partial charge in [-0.3, -0.25) is 9.58 Å².